The Labute approximate surface area is 192 Å². The van der Waals surface area contributed by atoms with Crippen molar-refractivity contribution in [1.82, 2.24) is 10.3 Å². The van der Waals surface area contributed by atoms with Crippen molar-refractivity contribution >= 4 is 34.2 Å². The second-order valence-corrected chi connectivity index (χ2v) is 10.2. The molecule has 174 valence electrons. The molecule has 1 amide bonds. The number of halogens is 3. The van der Waals surface area contributed by atoms with Gasteiger partial charge in [0.25, 0.3) is 5.91 Å². The van der Waals surface area contributed by atoms with Crippen LogP contribution in [0, 0.1) is 11.8 Å². The van der Waals surface area contributed by atoms with Crippen molar-refractivity contribution < 1.29 is 18.7 Å². The number of fused-ring (bicyclic) bond motifs is 1. The molecule has 2 aliphatic rings. The van der Waals surface area contributed by atoms with Gasteiger partial charge in [-0.3, -0.25) is 4.79 Å². The van der Waals surface area contributed by atoms with Gasteiger partial charge in [-0.2, -0.15) is 0 Å². The van der Waals surface area contributed by atoms with Gasteiger partial charge in [0, 0.05) is 43.8 Å². The zero-order valence-electron chi connectivity index (χ0n) is 18.5. The molecule has 1 saturated heterocycles. The monoisotopic (exact) mass is 465 g/mol. The lowest BCUT2D eigenvalue weighted by Gasteiger charge is -2.28. The summed E-state index contributed by atoms with van der Waals surface area (Å²) in [5.74, 6) is -1.86. The van der Waals surface area contributed by atoms with Crippen molar-refractivity contribution in [3.63, 3.8) is 0 Å². The highest BCUT2D eigenvalue weighted by molar-refractivity contribution is 6.35. The molecule has 1 aliphatic carbocycles. The van der Waals surface area contributed by atoms with Gasteiger partial charge in [0.15, 0.2) is 0 Å². The highest BCUT2D eigenvalue weighted by atomic mass is 35.5. The van der Waals surface area contributed by atoms with E-state index in [1.807, 2.05) is 26.0 Å². The normalized spacial score (nSPS) is 21.8. The van der Waals surface area contributed by atoms with Crippen LogP contribution in [0.15, 0.2) is 24.3 Å². The SMILES string of the molecule is CC(C)(O)[C@H]1CCN(c2ccc3c(C(=O)NCC4CCC(F)(F)CC4)c(Cl)ccc3n2)C1. The van der Waals surface area contributed by atoms with Gasteiger partial charge < -0.3 is 15.3 Å². The molecule has 8 heteroatoms. The van der Waals surface area contributed by atoms with Gasteiger partial charge in [-0.1, -0.05) is 11.6 Å². The Morgan fingerprint density at radius 2 is 1.97 bits per heavy atom. The maximum Gasteiger partial charge on any atom is 0.253 e. The molecular formula is C24H30ClF2N3O2. The number of amides is 1. The molecule has 2 N–H and O–H groups in total. The summed E-state index contributed by atoms with van der Waals surface area (Å²) in [6.07, 6.45) is 1.45. The zero-order valence-corrected chi connectivity index (χ0v) is 19.3. The number of carbonyl (C=O) groups excluding carboxylic acids is 1. The van der Waals surface area contributed by atoms with Gasteiger partial charge >= 0.3 is 0 Å². The predicted octanol–water partition coefficient (Wildman–Crippen LogP) is 5.04. The van der Waals surface area contributed by atoms with E-state index in [1.54, 1.807) is 12.1 Å². The minimum absolute atomic E-state index is 0.0518. The van der Waals surface area contributed by atoms with Crippen molar-refractivity contribution in [1.29, 1.82) is 0 Å². The minimum atomic E-state index is -2.58. The molecule has 1 aromatic heterocycles. The number of nitrogens with zero attached hydrogens (tertiary/aromatic N) is 2. The fraction of sp³-hybridized carbons (Fsp3) is 0.583. The number of pyridine rings is 1. The number of nitrogens with one attached hydrogen (secondary N) is 1. The van der Waals surface area contributed by atoms with Crippen molar-refractivity contribution in [2.45, 2.75) is 57.5 Å². The van der Waals surface area contributed by atoms with Crippen molar-refractivity contribution in [2.75, 3.05) is 24.5 Å². The first-order valence-corrected chi connectivity index (χ1v) is 11.6. The number of aromatic nitrogens is 1. The Kier molecular flexibility index (Phi) is 6.34. The molecule has 1 saturated carbocycles. The zero-order chi connectivity index (χ0) is 23.1. The number of hydrogen-bond acceptors (Lipinski definition) is 4. The molecule has 2 heterocycles. The lowest BCUT2D eigenvalue weighted by molar-refractivity contribution is -0.0452. The minimum Gasteiger partial charge on any atom is -0.390 e. The molecular weight excluding hydrogens is 436 g/mol. The molecule has 4 rings (SSSR count). The summed E-state index contributed by atoms with van der Waals surface area (Å²) >= 11 is 6.37. The first-order valence-electron chi connectivity index (χ1n) is 11.3. The molecule has 0 bridgehead atoms. The summed E-state index contributed by atoms with van der Waals surface area (Å²) in [4.78, 5) is 19.8. The maximum absolute atomic E-state index is 13.4. The first-order chi connectivity index (χ1) is 15.0. The summed E-state index contributed by atoms with van der Waals surface area (Å²) in [6.45, 7) is 5.57. The van der Waals surface area contributed by atoms with Crippen LogP contribution in [0.3, 0.4) is 0 Å². The predicted molar refractivity (Wildman–Crippen MR) is 123 cm³/mol. The molecule has 0 radical (unpaired) electrons. The van der Waals surface area contributed by atoms with Crippen molar-refractivity contribution in [3.05, 3.63) is 34.9 Å². The summed E-state index contributed by atoms with van der Waals surface area (Å²) in [5.41, 5.74) is 0.291. The van der Waals surface area contributed by atoms with Gasteiger partial charge in [-0.15, -0.1) is 0 Å². The lowest BCUT2D eigenvalue weighted by Crippen LogP contribution is -2.34. The number of rotatable bonds is 5. The second-order valence-electron chi connectivity index (χ2n) is 9.75. The molecule has 5 nitrogen and oxygen atoms in total. The second kappa shape index (κ2) is 8.75. The standard InChI is InChI=1S/C24H30ClF2N3O2/c1-23(2,32)16-9-12-30(14-16)20-6-3-17-19(29-20)5-4-18(25)21(17)22(31)28-13-15-7-10-24(26,27)11-8-15/h3-6,15-16,32H,7-14H2,1-2H3,(H,28,31)/t16-/m0/s1. The summed E-state index contributed by atoms with van der Waals surface area (Å²) in [5, 5.41) is 14.2. The van der Waals surface area contributed by atoms with Crippen LogP contribution in [0.1, 0.15) is 56.3 Å². The van der Waals surface area contributed by atoms with Gasteiger partial charge in [0.05, 0.1) is 21.7 Å². The van der Waals surface area contributed by atoms with Crippen LogP contribution < -0.4 is 10.2 Å². The third-order valence-corrected chi connectivity index (χ3v) is 7.25. The average Bonchev–Trinajstić information content (AvgIpc) is 3.23. The van der Waals surface area contributed by atoms with Crippen LogP contribution in [0.4, 0.5) is 14.6 Å². The number of hydrogen-bond donors (Lipinski definition) is 2. The van der Waals surface area contributed by atoms with E-state index in [1.165, 1.54) is 0 Å². The van der Waals surface area contributed by atoms with Crippen LogP contribution >= 0.6 is 11.6 Å². The molecule has 0 unspecified atom stereocenters. The van der Waals surface area contributed by atoms with E-state index >= 15 is 0 Å². The largest absolute Gasteiger partial charge is 0.390 e. The van der Waals surface area contributed by atoms with Crippen LogP contribution in [0.2, 0.25) is 5.02 Å². The fourth-order valence-corrected chi connectivity index (χ4v) is 5.00. The first kappa shape index (κ1) is 23.2. The van der Waals surface area contributed by atoms with Crippen molar-refractivity contribution in [2.24, 2.45) is 11.8 Å². The summed E-state index contributed by atoms with van der Waals surface area (Å²) in [7, 11) is 0. The van der Waals surface area contributed by atoms with E-state index in [0.29, 0.717) is 40.9 Å². The topological polar surface area (TPSA) is 65.5 Å². The van der Waals surface area contributed by atoms with E-state index in [9.17, 15) is 18.7 Å². The van der Waals surface area contributed by atoms with Gasteiger partial charge in [-0.05, 0) is 63.3 Å². The number of benzene rings is 1. The van der Waals surface area contributed by atoms with Crippen molar-refractivity contribution in [3.8, 4) is 0 Å². The van der Waals surface area contributed by atoms with Crippen LogP contribution in [-0.2, 0) is 0 Å². The third kappa shape index (κ3) is 4.99. The third-order valence-electron chi connectivity index (χ3n) is 6.93. The van der Waals surface area contributed by atoms with E-state index in [2.05, 4.69) is 10.2 Å². The van der Waals surface area contributed by atoms with Crippen LogP contribution in [0.25, 0.3) is 10.9 Å². The molecule has 2 aromatic rings. The van der Waals surface area contributed by atoms with Gasteiger partial charge in [-0.25, -0.2) is 13.8 Å². The van der Waals surface area contributed by atoms with E-state index in [4.69, 9.17) is 16.6 Å². The van der Waals surface area contributed by atoms with Gasteiger partial charge in [0.2, 0.25) is 5.92 Å². The van der Waals surface area contributed by atoms with Crippen LogP contribution in [0.5, 0.6) is 0 Å². The maximum atomic E-state index is 13.4. The summed E-state index contributed by atoms with van der Waals surface area (Å²) < 4.78 is 26.7. The number of anilines is 1. The highest BCUT2D eigenvalue weighted by Crippen LogP contribution is 2.36. The molecule has 2 fully saturated rings. The Balaban J connectivity index is 1.49. The Morgan fingerprint density at radius 3 is 2.62 bits per heavy atom. The number of carbonyl (C=O) groups is 1. The smallest absolute Gasteiger partial charge is 0.253 e. The average molecular weight is 466 g/mol. The fourth-order valence-electron chi connectivity index (χ4n) is 4.75. The van der Waals surface area contributed by atoms with E-state index in [-0.39, 0.29) is 30.6 Å². The highest BCUT2D eigenvalue weighted by Gasteiger charge is 2.35. The molecule has 1 aromatic carbocycles. The van der Waals surface area contributed by atoms with E-state index in [0.717, 1.165) is 25.3 Å². The molecule has 32 heavy (non-hydrogen) atoms. The van der Waals surface area contributed by atoms with Gasteiger partial charge in [0.1, 0.15) is 5.82 Å². The quantitative estimate of drug-likeness (QED) is 0.649. The molecule has 0 spiro atoms. The number of alkyl halides is 2. The summed E-state index contributed by atoms with van der Waals surface area (Å²) in [6, 6.07) is 7.20. The number of aliphatic hydroxyl groups is 1. The van der Waals surface area contributed by atoms with Crippen LogP contribution in [-0.4, -0.2) is 47.2 Å². The molecule has 1 atom stereocenters. The van der Waals surface area contributed by atoms with E-state index < -0.39 is 11.5 Å². The Morgan fingerprint density at radius 1 is 1.25 bits per heavy atom. The Bertz CT molecular complexity index is 999. The Hall–Kier alpha value is -1.99. The lowest BCUT2D eigenvalue weighted by atomic mass is 9.87. The molecule has 1 aliphatic heterocycles.